The van der Waals surface area contributed by atoms with Gasteiger partial charge in [-0.2, -0.15) is 0 Å². The smallest absolute Gasteiger partial charge is 0.303 e. The highest BCUT2D eigenvalue weighted by molar-refractivity contribution is 5.98. The molecule has 7 atom stereocenters. The first-order valence-electron chi connectivity index (χ1n) is 10.7. The highest BCUT2D eigenvalue weighted by Crippen LogP contribution is 2.63. The Morgan fingerprint density at radius 1 is 0.966 bits per heavy atom. The van der Waals surface area contributed by atoms with Gasteiger partial charge in [0.2, 0.25) is 0 Å². The molecule has 0 heterocycles. The van der Waals surface area contributed by atoms with Crippen molar-refractivity contribution in [3.63, 3.8) is 0 Å². The van der Waals surface area contributed by atoms with Crippen LogP contribution in [0.25, 0.3) is 0 Å². The van der Waals surface area contributed by atoms with Gasteiger partial charge in [-0.15, -0.1) is 0 Å². The van der Waals surface area contributed by atoms with Crippen molar-refractivity contribution in [1.29, 1.82) is 0 Å². The predicted molar refractivity (Wildman–Crippen MR) is 104 cm³/mol. The number of hydrogen-bond donors (Lipinski definition) is 0. The molecule has 0 radical (unpaired) electrons. The first-order chi connectivity index (χ1) is 13.6. The molecule has 4 rings (SSSR count). The molecule has 0 saturated heterocycles. The molecule has 0 aliphatic heterocycles. The van der Waals surface area contributed by atoms with Crippen molar-refractivity contribution in [2.45, 2.75) is 78.4 Å². The van der Waals surface area contributed by atoms with Gasteiger partial charge in [0.05, 0.1) is 0 Å². The summed E-state index contributed by atoms with van der Waals surface area (Å²) in [6.07, 6.45) is 5.13. The number of fused-ring (bicyclic) bond motifs is 5. The molecule has 0 bridgehead atoms. The summed E-state index contributed by atoms with van der Waals surface area (Å²) in [7, 11) is 0. The van der Waals surface area contributed by atoms with Gasteiger partial charge in [0.25, 0.3) is 0 Å². The topological polar surface area (TPSA) is 86.7 Å². The van der Waals surface area contributed by atoms with Crippen LogP contribution in [0.5, 0.6) is 0 Å². The lowest BCUT2D eigenvalue weighted by Gasteiger charge is -2.55. The summed E-state index contributed by atoms with van der Waals surface area (Å²) >= 11 is 0. The number of carbonyl (C=O) groups excluding carboxylic acids is 4. The minimum atomic E-state index is -0.730. The summed E-state index contributed by atoms with van der Waals surface area (Å²) in [6.45, 7) is 6.93. The second-order valence-corrected chi connectivity index (χ2v) is 9.86. The van der Waals surface area contributed by atoms with E-state index >= 15 is 0 Å². The Bertz CT molecular complexity index is 812. The van der Waals surface area contributed by atoms with Crippen LogP contribution in [0.2, 0.25) is 0 Å². The third-order valence-electron chi connectivity index (χ3n) is 8.25. The minimum Gasteiger partial charge on any atom is -0.462 e. The van der Waals surface area contributed by atoms with Gasteiger partial charge in [-0.3, -0.25) is 19.2 Å². The second-order valence-electron chi connectivity index (χ2n) is 9.86. The number of esters is 2. The number of ether oxygens (including phenoxy) is 2. The Morgan fingerprint density at radius 3 is 2.28 bits per heavy atom. The molecule has 3 unspecified atom stereocenters. The molecule has 158 valence electrons. The molecule has 0 aromatic rings. The predicted octanol–water partition coefficient (Wildman–Crippen LogP) is 3.17. The van der Waals surface area contributed by atoms with Crippen molar-refractivity contribution in [2.24, 2.45) is 28.6 Å². The molecular formula is C23H30O6. The lowest BCUT2D eigenvalue weighted by Crippen LogP contribution is -2.53. The maximum absolute atomic E-state index is 13.3. The van der Waals surface area contributed by atoms with Crippen LogP contribution in [0.1, 0.15) is 66.2 Å². The number of carbonyl (C=O) groups is 4. The van der Waals surface area contributed by atoms with Gasteiger partial charge in [0.15, 0.2) is 17.7 Å². The Balaban J connectivity index is 1.65. The SMILES string of the molecule is CC(=O)O[C@H]1CC[C@@]2(C)C(=CC(=O)C3C2CC[C@]2(C)C(=O)[C@H](OC(C)=O)CC32)C1. The number of rotatable bonds is 2. The zero-order valence-electron chi connectivity index (χ0n) is 17.7. The first-order valence-corrected chi connectivity index (χ1v) is 10.7. The van der Waals surface area contributed by atoms with Crippen LogP contribution >= 0.6 is 0 Å². The molecule has 6 nitrogen and oxygen atoms in total. The Labute approximate surface area is 171 Å². The van der Waals surface area contributed by atoms with Gasteiger partial charge >= 0.3 is 11.9 Å². The van der Waals surface area contributed by atoms with Gasteiger partial charge < -0.3 is 9.47 Å². The number of allylic oxidation sites excluding steroid dienone is 1. The quantitative estimate of drug-likeness (QED) is 0.660. The lowest BCUT2D eigenvalue weighted by atomic mass is 9.48. The van der Waals surface area contributed by atoms with Crippen LogP contribution in [-0.2, 0) is 28.7 Å². The zero-order chi connectivity index (χ0) is 21.1. The van der Waals surface area contributed by atoms with E-state index < -0.39 is 17.5 Å². The van der Waals surface area contributed by atoms with E-state index in [-0.39, 0.29) is 46.8 Å². The van der Waals surface area contributed by atoms with Crippen molar-refractivity contribution >= 4 is 23.5 Å². The monoisotopic (exact) mass is 402 g/mol. The molecule has 0 spiro atoms. The van der Waals surface area contributed by atoms with Crippen LogP contribution in [0, 0.1) is 28.6 Å². The molecule has 4 aliphatic rings. The Kier molecular flexibility index (Phi) is 4.74. The lowest BCUT2D eigenvalue weighted by molar-refractivity contribution is -0.154. The van der Waals surface area contributed by atoms with E-state index in [0.717, 1.165) is 31.3 Å². The average Bonchev–Trinajstić information content (AvgIpc) is 2.87. The average molecular weight is 402 g/mol. The van der Waals surface area contributed by atoms with Crippen molar-refractivity contribution < 1.29 is 28.7 Å². The van der Waals surface area contributed by atoms with Crippen LogP contribution in [-0.4, -0.2) is 35.7 Å². The van der Waals surface area contributed by atoms with E-state index in [9.17, 15) is 19.2 Å². The van der Waals surface area contributed by atoms with Gasteiger partial charge in [-0.05, 0) is 55.4 Å². The molecule has 4 aliphatic carbocycles. The third-order valence-corrected chi connectivity index (χ3v) is 8.25. The Hall–Kier alpha value is -1.98. The summed E-state index contributed by atoms with van der Waals surface area (Å²) in [4.78, 5) is 49.1. The van der Waals surface area contributed by atoms with Gasteiger partial charge in [0.1, 0.15) is 6.10 Å². The number of hydrogen-bond acceptors (Lipinski definition) is 6. The highest BCUT2D eigenvalue weighted by Gasteiger charge is 2.64. The molecular weight excluding hydrogens is 372 g/mol. The fraction of sp³-hybridized carbons (Fsp3) is 0.739. The van der Waals surface area contributed by atoms with Gasteiger partial charge in [-0.1, -0.05) is 19.4 Å². The van der Waals surface area contributed by atoms with Crippen molar-refractivity contribution in [3.8, 4) is 0 Å². The summed E-state index contributed by atoms with van der Waals surface area (Å²) in [5, 5.41) is 0. The largest absolute Gasteiger partial charge is 0.462 e. The van der Waals surface area contributed by atoms with Crippen LogP contribution in [0.3, 0.4) is 0 Å². The number of Topliss-reactive ketones (excluding diaryl/α,β-unsaturated/α-hetero) is 1. The van der Waals surface area contributed by atoms with E-state index in [1.54, 1.807) is 6.08 Å². The number of ketones is 2. The van der Waals surface area contributed by atoms with Crippen molar-refractivity contribution in [2.75, 3.05) is 0 Å². The summed E-state index contributed by atoms with van der Waals surface area (Å²) in [5.41, 5.74) is 0.373. The zero-order valence-corrected chi connectivity index (χ0v) is 17.7. The molecule has 0 aromatic carbocycles. The molecule has 6 heteroatoms. The highest BCUT2D eigenvalue weighted by atomic mass is 16.5. The summed E-state index contributed by atoms with van der Waals surface area (Å²) in [6, 6.07) is 0. The van der Waals surface area contributed by atoms with Crippen LogP contribution < -0.4 is 0 Å². The van der Waals surface area contributed by atoms with E-state index in [1.165, 1.54) is 13.8 Å². The summed E-state index contributed by atoms with van der Waals surface area (Å²) < 4.78 is 10.7. The fourth-order valence-electron chi connectivity index (χ4n) is 6.78. The maximum atomic E-state index is 13.3. The molecule has 0 N–H and O–H groups in total. The van der Waals surface area contributed by atoms with E-state index in [2.05, 4.69) is 6.92 Å². The van der Waals surface area contributed by atoms with Gasteiger partial charge in [-0.25, -0.2) is 0 Å². The third kappa shape index (κ3) is 3.06. The first kappa shape index (κ1) is 20.3. The minimum absolute atomic E-state index is 0.0255. The van der Waals surface area contributed by atoms with Crippen LogP contribution in [0.15, 0.2) is 11.6 Å². The second kappa shape index (κ2) is 6.78. The normalized spacial score (nSPS) is 43.6. The molecule has 0 aromatic heterocycles. The fourth-order valence-corrected chi connectivity index (χ4v) is 6.78. The Morgan fingerprint density at radius 2 is 1.62 bits per heavy atom. The van der Waals surface area contributed by atoms with Gasteiger partial charge in [0, 0.05) is 31.6 Å². The molecule has 3 fully saturated rings. The molecule has 0 amide bonds. The standard InChI is InChI=1S/C23H30O6/c1-12(24)28-15-5-7-22(3)14(9-15)10-18(26)20-16(22)6-8-23(4)17(20)11-19(21(23)27)29-13(2)25/h10,15-17,19-20H,5-9,11H2,1-4H3/t15-,16?,17?,19+,20?,22-,23-/m0/s1. The van der Waals surface area contributed by atoms with Crippen molar-refractivity contribution in [1.82, 2.24) is 0 Å². The van der Waals surface area contributed by atoms with E-state index in [1.807, 2.05) is 6.92 Å². The summed E-state index contributed by atoms with van der Waals surface area (Å²) in [5.74, 6) is -0.803. The van der Waals surface area contributed by atoms with Crippen molar-refractivity contribution in [3.05, 3.63) is 11.6 Å². The maximum Gasteiger partial charge on any atom is 0.303 e. The van der Waals surface area contributed by atoms with E-state index in [4.69, 9.17) is 9.47 Å². The molecule has 3 saturated carbocycles. The van der Waals surface area contributed by atoms with Crippen LogP contribution in [0.4, 0.5) is 0 Å². The molecule has 29 heavy (non-hydrogen) atoms. The van der Waals surface area contributed by atoms with E-state index in [0.29, 0.717) is 12.8 Å².